The molecule has 6 rings (SSSR count). The molecule has 3 aromatic carbocycles. The first-order valence-corrected chi connectivity index (χ1v) is 13.4. The third kappa shape index (κ3) is 5.12. The number of aromatic nitrogens is 1. The van der Waals surface area contributed by atoms with Crippen LogP contribution in [0, 0.1) is 6.92 Å². The Kier molecular flexibility index (Phi) is 6.92. The summed E-state index contributed by atoms with van der Waals surface area (Å²) in [5, 5.41) is 11.8. The van der Waals surface area contributed by atoms with Crippen molar-refractivity contribution in [3.63, 3.8) is 0 Å². The monoisotopic (exact) mass is 493 g/mol. The highest BCUT2D eigenvalue weighted by Gasteiger charge is 2.31. The van der Waals surface area contributed by atoms with Gasteiger partial charge >= 0.3 is 0 Å². The normalized spacial score (nSPS) is 17.7. The third-order valence-corrected chi connectivity index (χ3v) is 7.86. The van der Waals surface area contributed by atoms with Crippen molar-refractivity contribution in [2.24, 2.45) is 0 Å². The molecule has 5 heteroatoms. The first-order chi connectivity index (χ1) is 18.2. The zero-order valence-corrected chi connectivity index (χ0v) is 21.5. The molecular formula is C32H35N3O2. The molecule has 1 aliphatic heterocycles. The Labute approximate surface area is 219 Å². The largest absolute Gasteiger partial charge is 0.490 e. The van der Waals surface area contributed by atoms with Crippen molar-refractivity contribution >= 4 is 10.9 Å². The second kappa shape index (κ2) is 10.6. The molecule has 5 nitrogen and oxygen atoms in total. The molecule has 1 N–H and O–H groups in total. The second-order valence-electron chi connectivity index (χ2n) is 10.4. The van der Waals surface area contributed by atoms with E-state index < -0.39 is 6.10 Å². The lowest BCUT2D eigenvalue weighted by atomic mass is 9.92. The number of nitrogens with zero attached hydrogens (tertiary/aromatic N) is 3. The van der Waals surface area contributed by atoms with Crippen LogP contribution in [0.2, 0.25) is 0 Å². The highest BCUT2D eigenvalue weighted by Crippen LogP contribution is 2.37. The van der Waals surface area contributed by atoms with Crippen LogP contribution in [0.1, 0.15) is 33.9 Å². The van der Waals surface area contributed by atoms with Crippen molar-refractivity contribution in [3.8, 4) is 5.75 Å². The molecule has 2 aliphatic rings. The van der Waals surface area contributed by atoms with Gasteiger partial charge in [-0.15, -0.1) is 0 Å². The number of β-amino-alcohol motifs (C(OH)–C–C–N with tert-alkyl or cyclic N) is 1. The average molecular weight is 494 g/mol. The van der Waals surface area contributed by atoms with Crippen molar-refractivity contribution < 1.29 is 9.84 Å². The standard InChI is InChI=1S/C32H35N3O2/c1-23-19-29-30(33-20-23)11-6-12-31(29)37-22-26(36)21-34-15-17-35(18-16-34)32-27-9-4-2-7-24(27)13-14-25-8-3-5-10-28(25)32/h2-12,19-20,26,32,36H,13-18,21-22H2,1H3. The molecular weight excluding hydrogens is 458 g/mol. The van der Waals surface area contributed by atoms with Crippen LogP contribution in [0.15, 0.2) is 79.0 Å². The van der Waals surface area contributed by atoms with Crippen molar-refractivity contribution in [2.45, 2.75) is 31.9 Å². The van der Waals surface area contributed by atoms with Crippen LogP contribution in [-0.2, 0) is 12.8 Å². The Morgan fingerprint density at radius 1 is 0.892 bits per heavy atom. The fourth-order valence-corrected chi connectivity index (χ4v) is 5.98. The van der Waals surface area contributed by atoms with E-state index in [-0.39, 0.29) is 6.61 Å². The molecule has 0 bridgehead atoms. The maximum absolute atomic E-state index is 10.8. The molecule has 2 heterocycles. The number of aryl methyl sites for hydroxylation is 3. The Bertz CT molecular complexity index is 1330. The van der Waals surface area contributed by atoms with E-state index in [1.807, 2.05) is 31.3 Å². The van der Waals surface area contributed by atoms with E-state index in [1.54, 1.807) is 0 Å². The van der Waals surface area contributed by atoms with Crippen LogP contribution in [0.25, 0.3) is 10.9 Å². The number of benzene rings is 3. The van der Waals surface area contributed by atoms with Crippen LogP contribution in [-0.4, -0.2) is 65.3 Å². The summed E-state index contributed by atoms with van der Waals surface area (Å²) in [5.74, 6) is 0.781. The van der Waals surface area contributed by atoms with E-state index in [1.165, 1.54) is 22.3 Å². The van der Waals surface area contributed by atoms with Gasteiger partial charge in [0.2, 0.25) is 0 Å². The lowest BCUT2D eigenvalue weighted by molar-refractivity contribution is 0.0403. The number of aliphatic hydroxyl groups excluding tert-OH is 1. The summed E-state index contributed by atoms with van der Waals surface area (Å²) in [7, 11) is 0. The highest BCUT2D eigenvalue weighted by atomic mass is 16.5. The molecule has 0 amide bonds. The Hall–Kier alpha value is -3.25. The van der Waals surface area contributed by atoms with Gasteiger partial charge in [0.25, 0.3) is 0 Å². The van der Waals surface area contributed by atoms with E-state index in [0.29, 0.717) is 12.6 Å². The summed E-state index contributed by atoms with van der Waals surface area (Å²) < 4.78 is 6.06. The maximum atomic E-state index is 10.8. The lowest BCUT2D eigenvalue weighted by Crippen LogP contribution is -2.50. The van der Waals surface area contributed by atoms with Crippen LogP contribution >= 0.6 is 0 Å². The van der Waals surface area contributed by atoms with Crippen molar-refractivity contribution in [2.75, 3.05) is 39.3 Å². The van der Waals surface area contributed by atoms with E-state index in [4.69, 9.17) is 4.74 Å². The number of ether oxygens (including phenoxy) is 1. The SMILES string of the molecule is Cc1cnc2cccc(OCC(O)CN3CCN(C4c5ccccc5CCc5ccccc54)CC3)c2c1. The van der Waals surface area contributed by atoms with Gasteiger partial charge in [-0.3, -0.25) is 14.8 Å². The van der Waals surface area contributed by atoms with Gasteiger partial charge in [-0.2, -0.15) is 0 Å². The van der Waals surface area contributed by atoms with Gasteiger partial charge in [0.15, 0.2) is 0 Å². The summed E-state index contributed by atoms with van der Waals surface area (Å²) in [6.45, 7) is 6.77. The molecule has 0 radical (unpaired) electrons. The molecule has 0 saturated carbocycles. The molecule has 1 unspecified atom stereocenters. The minimum Gasteiger partial charge on any atom is -0.490 e. The van der Waals surface area contributed by atoms with Crippen molar-refractivity contribution in [1.29, 1.82) is 0 Å². The van der Waals surface area contributed by atoms with Crippen LogP contribution in [0.5, 0.6) is 5.75 Å². The predicted octanol–water partition coefficient (Wildman–Crippen LogP) is 4.79. The smallest absolute Gasteiger partial charge is 0.128 e. The van der Waals surface area contributed by atoms with Gasteiger partial charge in [0, 0.05) is 44.3 Å². The topological polar surface area (TPSA) is 48.8 Å². The van der Waals surface area contributed by atoms with Crippen molar-refractivity contribution in [3.05, 3.63) is 107 Å². The zero-order valence-electron chi connectivity index (χ0n) is 21.5. The predicted molar refractivity (Wildman–Crippen MR) is 148 cm³/mol. The molecule has 1 saturated heterocycles. The highest BCUT2D eigenvalue weighted by molar-refractivity contribution is 5.85. The first kappa shape index (κ1) is 24.1. The Morgan fingerprint density at radius 2 is 1.57 bits per heavy atom. The zero-order chi connectivity index (χ0) is 25.2. The Morgan fingerprint density at radius 3 is 2.27 bits per heavy atom. The number of hydrogen-bond donors (Lipinski definition) is 1. The van der Waals surface area contributed by atoms with Gasteiger partial charge < -0.3 is 9.84 Å². The van der Waals surface area contributed by atoms with Crippen LogP contribution in [0.4, 0.5) is 0 Å². The maximum Gasteiger partial charge on any atom is 0.128 e. The quantitative estimate of drug-likeness (QED) is 0.419. The number of hydrogen-bond acceptors (Lipinski definition) is 5. The molecule has 4 aromatic rings. The fraction of sp³-hybridized carbons (Fsp3) is 0.344. The summed E-state index contributed by atoms with van der Waals surface area (Å²) in [4.78, 5) is 9.49. The van der Waals surface area contributed by atoms with Crippen molar-refractivity contribution in [1.82, 2.24) is 14.8 Å². The second-order valence-corrected chi connectivity index (χ2v) is 10.4. The molecule has 190 valence electrons. The molecule has 0 spiro atoms. The average Bonchev–Trinajstić information content (AvgIpc) is 3.09. The first-order valence-electron chi connectivity index (χ1n) is 13.4. The summed E-state index contributed by atoms with van der Waals surface area (Å²) >= 11 is 0. The van der Waals surface area contributed by atoms with E-state index in [9.17, 15) is 5.11 Å². The van der Waals surface area contributed by atoms with Gasteiger partial charge in [-0.25, -0.2) is 0 Å². The Balaban J connectivity index is 1.10. The molecule has 1 aromatic heterocycles. The molecule has 1 fully saturated rings. The number of pyridine rings is 1. The number of piperazine rings is 1. The van der Waals surface area contributed by atoms with Gasteiger partial charge in [0.1, 0.15) is 18.5 Å². The van der Waals surface area contributed by atoms with E-state index >= 15 is 0 Å². The molecule has 1 aliphatic carbocycles. The minimum absolute atomic E-state index is 0.274. The summed E-state index contributed by atoms with van der Waals surface area (Å²) in [5.41, 5.74) is 7.86. The van der Waals surface area contributed by atoms with Crippen LogP contribution in [0.3, 0.4) is 0 Å². The van der Waals surface area contributed by atoms with Crippen LogP contribution < -0.4 is 4.74 Å². The van der Waals surface area contributed by atoms with Gasteiger partial charge in [-0.1, -0.05) is 54.6 Å². The summed E-state index contributed by atoms with van der Waals surface area (Å²) in [6, 6.07) is 26.2. The number of aliphatic hydroxyl groups is 1. The minimum atomic E-state index is -0.543. The third-order valence-electron chi connectivity index (χ3n) is 7.86. The van der Waals surface area contributed by atoms with E-state index in [0.717, 1.165) is 61.2 Å². The van der Waals surface area contributed by atoms with Gasteiger partial charge in [0.05, 0.1) is 11.6 Å². The van der Waals surface area contributed by atoms with Gasteiger partial charge in [-0.05, 0) is 65.8 Å². The number of fused-ring (bicyclic) bond motifs is 3. The molecule has 37 heavy (non-hydrogen) atoms. The summed E-state index contributed by atoms with van der Waals surface area (Å²) in [6.07, 6.45) is 3.52. The molecule has 1 atom stereocenters. The lowest BCUT2D eigenvalue weighted by Gasteiger charge is -2.40. The number of rotatable bonds is 6. The fourth-order valence-electron chi connectivity index (χ4n) is 5.98. The van der Waals surface area contributed by atoms with E-state index in [2.05, 4.69) is 69.4 Å².